The number of anilines is 2. The normalized spacial score (nSPS) is 12.3. The van der Waals surface area contributed by atoms with Gasteiger partial charge in [-0.15, -0.1) is 0 Å². The van der Waals surface area contributed by atoms with E-state index in [2.05, 4.69) is 5.32 Å². The van der Waals surface area contributed by atoms with Gasteiger partial charge in [0.2, 0.25) is 5.91 Å². The van der Waals surface area contributed by atoms with Crippen LogP contribution in [0.2, 0.25) is 0 Å². The number of carbonyl (C=O) groups excluding carboxylic acids is 2. The molecule has 3 aromatic rings. The highest BCUT2D eigenvalue weighted by molar-refractivity contribution is 6.10. The Bertz CT molecular complexity index is 1200. The first-order valence-electron chi connectivity index (χ1n) is 9.55. The van der Waals surface area contributed by atoms with Crippen molar-refractivity contribution in [3.63, 3.8) is 0 Å². The average Bonchev–Trinajstić information content (AvgIpc) is 2.84. The van der Waals surface area contributed by atoms with Crippen LogP contribution in [0.15, 0.2) is 60.7 Å². The van der Waals surface area contributed by atoms with E-state index in [0.29, 0.717) is 34.0 Å². The van der Waals surface area contributed by atoms with Gasteiger partial charge in [0, 0.05) is 24.9 Å². The molecule has 0 saturated carbocycles. The molecule has 8 nitrogen and oxygen atoms in total. The molecule has 1 aliphatic rings. The monoisotopic (exact) mass is 417 g/mol. The van der Waals surface area contributed by atoms with E-state index in [1.807, 2.05) is 25.1 Å². The molecule has 8 heteroatoms. The van der Waals surface area contributed by atoms with Crippen LogP contribution in [0.5, 0.6) is 11.5 Å². The average molecular weight is 417 g/mol. The van der Waals surface area contributed by atoms with Crippen molar-refractivity contribution in [3.05, 3.63) is 87.5 Å². The van der Waals surface area contributed by atoms with Crippen molar-refractivity contribution < 1.29 is 19.2 Å². The Morgan fingerprint density at radius 2 is 1.77 bits per heavy atom. The molecule has 0 spiro atoms. The second-order valence-corrected chi connectivity index (χ2v) is 7.30. The lowest BCUT2D eigenvalue weighted by Crippen LogP contribution is -2.25. The number of fused-ring (bicyclic) bond motifs is 2. The molecule has 4 rings (SSSR count). The number of nitrogens with one attached hydrogen (secondary N) is 1. The molecular weight excluding hydrogens is 398 g/mol. The predicted octanol–water partition coefficient (Wildman–Crippen LogP) is 4.47. The van der Waals surface area contributed by atoms with E-state index in [9.17, 15) is 19.7 Å². The molecule has 2 amide bonds. The van der Waals surface area contributed by atoms with Gasteiger partial charge in [-0.1, -0.05) is 18.2 Å². The minimum absolute atomic E-state index is 0.0336. The first-order chi connectivity index (χ1) is 14.8. The van der Waals surface area contributed by atoms with Crippen LogP contribution in [0.4, 0.5) is 17.1 Å². The third-order valence-electron chi connectivity index (χ3n) is 5.01. The first-order valence-corrected chi connectivity index (χ1v) is 9.55. The molecule has 0 atom stereocenters. The van der Waals surface area contributed by atoms with Crippen LogP contribution < -0.4 is 15.0 Å². The number of nitro benzene ring substituents is 1. The van der Waals surface area contributed by atoms with Gasteiger partial charge in [0.05, 0.1) is 22.6 Å². The van der Waals surface area contributed by atoms with Crippen LogP contribution in [0, 0.1) is 17.0 Å². The molecule has 0 saturated heterocycles. The predicted molar refractivity (Wildman–Crippen MR) is 116 cm³/mol. The van der Waals surface area contributed by atoms with Gasteiger partial charge in [-0.3, -0.25) is 19.7 Å². The lowest BCUT2D eigenvalue weighted by molar-refractivity contribution is -0.384. The molecule has 156 valence electrons. The molecule has 1 heterocycles. The second-order valence-electron chi connectivity index (χ2n) is 7.30. The third kappa shape index (κ3) is 4.09. The van der Waals surface area contributed by atoms with Gasteiger partial charge in [-0.05, 0) is 48.4 Å². The Hall–Kier alpha value is -4.20. The van der Waals surface area contributed by atoms with E-state index in [-0.39, 0.29) is 23.9 Å². The van der Waals surface area contributed by atoms with Crippen molar-refractivity contribution in [1.82, 2.24) is 0 Å². The van der Waals surface area contributed by atoms with Gasteiger partial charge in [0.25, 0.3) is 11.6 Å². The van der Waals surface area contributed by atoms with E-state index >= 15 is 0 Å². The molecule has 0 aromatic heterocycles. The smallest absolute Gasteiger partial charge is 0.269 e. The third-order valence-corrected chi connectivity index (χ3v) is 5.01. The maximum Gasteiger partial charge on any atom is 0.269 e. The summed E-state index contributed by atoms with van der Waals surface area (Å²) in [6.45, 7) is 1.94. The molecule has 0 fully saturated rings. The van der Waals surface area contributed by atoms with Crippen molar-refractivity contribution in [2.75, 3.05) is 17.3 Å². The molecule has 1 aliphatic heterocycles. The van der Waals surface area contributed by atoms with Gasteiger partial charge in [0.15, 0.2) is 5.75 Å². The standard InChI is InChI=1S/C23H19N3O5/c1-14-3-9-21-19(11-14)25(2)23(28)18-13-16(6-10-20(18)31-21)24-22(27)12-15-4-7-17(8-5-15)26(29)30/h3-11,13H,12H2,1-2H3,(H,24,27). The Balaban J connectivity index is 1.53. The number of hydrogen-bond acceptors (Lipinski definition) is 5. The number of rotatable bonds is 4. The number of nitro groups is 1. The van der Waals surface area contributed by atoms with E-state index in [0.717, 1.165) is 5.56 Å². The number of aryl methyl sites for hydroxylation is 1. The molecule has 0 radical (unpaired) electrons. The van der Waals surface area contributed by atoms with Crippen LogP contribution in [0.1, 0.15) is 21.5 Å². The van der Waals surface area contributed by atoms with Crippen LogP contribution >= 0.6 is 0 Å². The van der Waals surface area contributed by atoms with Crippen molar-refractivity contribution in [2.45, 2.75) is 13.3 Å². The van der Waals surface area contributed by atoms with Gasteiger partial charge in [-0.25, -0.2) is 0 Å². The van der Waals surface area contributed by atoms with Crippen LogP contribution in [0.3, 0.4) is 0 Å². The maximum atomic E-state index is 13.0. The molecule has 3 aromatic carbocycles. The number of amides is 2. The Labute approximate surface area is 178 Å². The first kappa shape index (κ1) is 20.1. The lowest BCUT2D eigenvalue weighted by Gasteiger charge is -2.16. The summed E-state index contributed by atoms with van der Waals surface area (Å²) in [5.41, 5.74) is 3.08. The summed E-state index contributed by atoms with van der Waals surface area (Å²) in [5.74, 6) is 0.442. The van der Waals surface area contributed by atoms with Crippen molar-refractivity contribution in [2.24, 2.45) is 0 Å². The zero-order valence-corrected chi connectivity index (χ0v) is 16.9. The summed E-state index contributed by atoms with van der Waals surface area (Å²) in [6, 6.07) is 16.3. The topological polar surface area (TPSA) is 102 Å². The number of hydrogen-bond donors (Lipinski definition) is 1. The lowest BCUT2D eigenvalue weighted by atomic mass is 10.1. The van der Waals surface area contributed by atoms with Gasteiger partial charge in [0.1, 0.15) is 5.75 Å². The minimum Gasteiger partial charge on any atom is -0.454 e. The molecule has 0 bridgehead atoms. The maximum absolute atomic E-state index is 13.0. The highest BCUT2D eigenvalue weighted by Crippen LogP contribution is 2.39. The minimum atomic E-state index is -0.491. The fraction of sp³-hybridized carbons (Fsp3) is 0.130. The van der Waals surface area contributed by atoms with Gasteiger partial charge in [-0.2, -0.15) is 0 Å². The van der Waals surface area contributed by atoms with Gasteiger partial charge < -0.3 is 15.0 Å². The second kappa shape index (κ2) is 7.91. The van der Waals surface area contributed by atoms with E-state index in [4.69, 9.17) is 4.74 Å². The van der Waals surface area contributed by atoms with Crippen LogP contribution in [-0.2, 0) is 11.2 Å². The zero-order chi connectivity index (χ0) is 22.1. The Kier molecular flexibility index (Phi) is 5.12. The zero-order valence-electron chi connectivity index (χ0n) is 16.9. The summed E-state index contributed by atoms with van der Waals surface area (Å²) < 4.78 is 5.95. The molecule has 31 heavy (non-hydrogen) atoms. The molecule has 0 aliphatic carbocycles. The number of benzene rings is 3. The summed E-state index contributed by atoms with van der Waals surface area (Å²) in [6.07, 6.45) is 0.0458. The number of ether oxygens (including phenoxy) is 1. The highest BCUT2D eigenvalue weighted by Gasteiger charge is 2.26. The summed E-state index contributed by atoms with van der Waals surface area (Å²) >= 11 is 0. The van der Waals surface area contributed by atoms with Gasteiger partial charge >= 0.3 is 0 Å². The molecular formula is C23H19N3O5. The largest absolute Gasteiger partial charge is 0.454 e. The molecule has 0 unspecified atom stereocenters. The number of non-ortho nitro benzene ring substituents is 1. The van der Waals surface area contributed by atoms with Crippen molar-refractivity contribution in [3.8, 4) is 11.5 Å². The van der Waals surface area contributed by atoms with E-state index < -0.39 is 4.92 Å². The quantitative estimate of drug-likeness (QED) is 0.499. The van der Waals surface area contributed by atoms with Crippen molar-refractivity contribution >= 4 is 28.9 Å². The SMILES string of the molecule is Cc1ccc2c(c1)N(C)C(=O)c1cc(NC(=O)Cc3ccc([N+](=O)[O-])cc3)ccc1O2. The number of carbonyl (C=O) groups is 2. The Morgan fingerprint density at radius 3 is 2.48 bits per heavy atom. The van der Waals surface area contributed by atoms with Crippen LogP contribution in [0.25, 0.3) is 0 Å². The van der Waals surface area contributed by atoms with E-state index in [1.54, 1.807) is 37.4 Å². The van der Waals surface area contributed by atoms with E-state index in [1.165, 1.54) is 17.0 Å². The highest BCUT2D eigenvalue weighted by atomic mass is 16.6. The fourth-order valence-corrected chi connectivity index (χ4v) is 3.37. The number of nitrogens with zero attached hydrogens (tertiary/aromatic N) is 2. The summed E-state index contributed by atoms with van der Waals surface area (Å²) in [4.78, 5) is 37.2. The molecule has 1 N–H and O–H groups in total. The Morgan fingerprint density at radius 1 is 1.06 bits per heavy atom. The summed E-state index contributed by atoms with van der Waals surface area (Å²) in [5, 5.41) is 13.5. The van der Waals surface area contributed by atoms with Crippen molar-refractivity contribution in [1.29, 1.82) is 0 Å². The summed E-state index contributed by atoms with van der Waals surface area (Å²) in [7, 11) is 1.68. The fourth-order valence-electron chi connectivity index (χ4n) is 3.37. The van der Waals surface area contributed by atoms with Crippen LogP contribution in [-0.4, -0.2) is 23.8 Å².